The maximum atomic E-state index is 13.1. The van der Waals surface area contributed by atoms with Crippen LogP contribution in [0.1, 0.15) is 29.3 Å². The van der Waals surface area contributed by atoms with Crippen molar-refractivity contribution in [2.24, 2.45) is 0 Å². The molecule has 2 amide bonds. The molecule has 5 nitrogen and oxygen atoms in total. The summed E-state index contributed by atoms with van der Waals surface area (Å²) in [6, 6.07) is 25.0. The Hall–Kier alpha value is -3.60. The van der Waals surface area contributed by atoms with Crippen LogP contribution in [-0.2, 0) is 11.2 Å². The predicted octanol–water partition coefficient (Wildman–Crippen LogP) is 4.74. The van der Waals surface area contributed by atoms with Gasteiger partial charge in [-0.15, -0.1) is 0 Å². The van der Waals surface area contributed by atoms with Gasteiger partial charge in [-0.05, 0) is 61.7 Å². The number of rotatable bonds is 6. The predicted molar refractivity (Wildman–Crippen MR) is 126 cm³/mol. The maximum Gasteiger partial charge on any atom is 0.258 e. The van der Waals surface area contributed by atoms with Gasteiger partial charge in [0.1, 0.15) is 0 Å². The van der Waals surface area contributed by atoms with Gasteiger partial charge >= 0.3 is 0 Å². The summed E-state index contributed by atoms with van der Waals surface area (Å²) in [4.78, 5) is 29.7. The highest BCUT2D eigenvalue weighted by molar-refractivity contribution is 6.07. The van der Waals surface area contributed by atoms with Crippen LogP contribution in [0.25, 0.3) is 0 Å². The third-order valence-electron chi connectivity index (χ3n) is 5.56. The van der Waals surface area contributed by atoms with Crippen molar-refractivity contribution in [2.45, 2.75) is 19.8 Å². The van der Waals surface area contributed by atoms with Crippen LogP contribution in [0.2, 0.25) is 0 Å². The van der Waals surface area contributed by atoms with Gasteiger partial charge in [0, 0.05) is 35.7 Å². The first kappa shape index (κ1) is 20.7. The van der Waals surface area contributed by atoms with Crippen molar-refractivity contribution < 1.29 is 9.59 Å². The molecule has 3 aromatic rings. The minimum Gasteiger partial charge on any atom is -0.362 e. The quantitative estimate of drug-likeness (QED) is 0.635. The molecule has 5 heteroatoms. The van der Waals surface area contributed by atoms with Crippen LogP contribution in [0.5, 0.6) is 0 Å². The summed E-state index contributed by atoms with van der Waals surface area (Å²) < 4.78 is 0. The van der Waals surface area contributed by atoms with Crippen LogP contribution in [0.4, 0.5) is 17.1 Å². The number of nitrogens with zero attached hydrogens (tertiary/aromatic N) is 2. The Balaban J connectivity index is 1.45. The highest BCUT2D eigenvalue weighted by atomic mass is 16.2. The minimum absolute atomic E-state index is 0.0864. The summed E-state index contributed by atoms with van der Waals surface area (Å²) in [7, 11) is 0. The van der Waals surface area contributed by atoms with Crippen LogP contribution in [0.15, 0.2) is 78.9 Å². The van der Waals surface area contributed by atoms with E-state index in [1.165, 1.54) is 5.56 Å². The number of fused-ring (bicyclic) bond motifs is 1. The molecular weight excluding hydrogens is 386 g/mol. The number of benzene rings is 3. The first-order valence-corrected chi connectivity index (χ1v) is 10.8. The van der Waals surface area contributed by atoms with E-state index in [-0.39, 0.29) is 11.8 Å². The standard InChI is InChI=1S/C26H27N3O2/c1-2-29(23-14-4-3-5-15-23)26(31)21-11-8-13-22(18-21)27-25(30)19-28-17-9-12-20-10-6-7-16-24(20)28/h3-8,10-11,13-16,18H,2,9,12,17,19H2,1H3,(H,27,30). The zero-order chi connectivity index (χ0) is 21.6. The van der Waals surface area contributed by atoms with E-state index in [1.807, 2.05) is 55.5 Å². The third-order valence-corrected chi connectivity index (χ3v) is 5.56. The van der Waals surface area contributed by atoms with Crippen molar-refractivity contribution in [3.63, 3.8) is 0 Å². The Morgan fingerprint density at radius 3 is 2.55 bits per heavy atom. The molecule has 3 aromatic carbocycles. The van der Waals surface area contributed by atoms with Crippen molar-refractivity contribution in [3.05, 3.63) is 90.0 Å². The molecule has 1 aliphatic heterocycles. The van der Waals surface area contributed by atoms with Gasteiger partial charge in [0.15, 0.2) is 0 Å². The fourth-order valence-corrected chi connectivity index (χ4v) is 4.09. The number of carbonyl (C=O) groups is 2. The first-order valence-electron chi connectivity index (χ1n) is 10.8. The van der Waals surface area contributed by atoms with Crippen LogP contribution >= 0.6 is 0 Å². The molecule has 4 rings (SSSR count). The monoisotopic (exact) mass is 413 g/mol. The summed E-state index contributed by atoms with van der Waals surface area (Å²) in [6.45, 7) is 3.67. The topological polar surface area (TPSA) is 52.7 Å². The normalized spacial score (nSPS) is 12.7. The second-order valence-corrected chi connectivity index (χ2v) is 7.67. The SMILES string of the molecule is CCN(C(=O)c1cccc(NC(=O)CN2CCCc3ccccc32)c1)c1ccccc1. The number of hydrogen-bond donors (Lipinski definition) is 1. The average Bonchev–Trinajstić information content (AvgIpc) is 2.80. The lowest BCUT2D eigenvalue weighted by Crippen LogP contribution is -2.36. The van der Waals surface area contributed by atoms with Crippen LogP contribution in [0, 0.1) is 0 Å². The summed E-state index contributed by atoms with van der Waals surface area (Å²) in [6.07, 6.45) is 2.09. The van der Waals surface area contributed by atoms with Gasteiger partial charge in [0.25, 0.3) is 5.91 Å². The molecule has 158 valence electrons. The highest BCUT2D eigenvalue weighted by Gasteiger charge is 2.20. The molecule has 0 bridgehead atoms. The lowest BCUT2D eigenvalue weighted by atomic mass is 10.0. The number of hydrogen-bond acceptors (Lipinski definition) is 3. The van der Waals surface area contributed by atoms with E-state index in [1.54, 1.807) is 23.1 Å². The van der Waals surface area contributed by atoms with Gasteiger partial charge in [0.05, 0.1) is 6.54 Å². The number of carbonyl (C=O) groups excluding carboxylic acids is 2. The molecular formula is C26H27N3O2. The Morgan fingerprint density at radius 1 is 0.968 bits per heavy atom. The van der Waals surface area contributed by atoms with Crippen molar-refractivity contribution >= 4 is 28.9 Å². The Kier molecular flexibility index (Phi) is 6.32. The molecule has 0 fully saturated rings. The van der Waals surface area contributed by atoms with Crippen molar-refractivity contribution in [3.8, 4) is 0 Å². The largest absolute Gasteiger partial charge is 0.362 e. The van der Waals surface area contributed by atoms with E-state index in [0.717, 1.165) is 30.8 Å². The van der Waals surface area contributed by atoms with Crippen molar-refractivity contribution in [1.82, 2.24) is 0 Å². The Labute approximate surface area is 183 Å². The molecule has 0 spiro atoms. The van der Waals surface area contributed by atoms with E-state index >= 15 is 0 Å². The second-order valence-electron chi connectivity index (χ2n) is 7.67. The number of aryl methyl sites for hydroxylation is 1. The van der Waals surface area contributed by atoms with Crippen LogP contribution in [0.3, 0.4) is 0 Å². The Bertz CT molecular complexity index is 1070. The minimum atomic E-state index is -0.0882. The molecule has 1 N–H and O–H groups in total. The van der Waals surface area contributed by atoms with Crippen LogP contribution in [-0.4, -0.2) is 31.4 Å². The van der Waals surface area contributed by atoms with Crippen LogP contribution < -0.4 is 15.1 Å². The zero-order valence-corrected chi connectivity index (χ0v) is 17.8. The van der Waals surface area contributed by atoms with Gasteiger partial charge in [-0.3, -0.25) is 9.59 Å². The number of anilines is 3. The van der Waals surface area contributed by atoms with Gasteiger partial charge < -0.3 is 15.1 Å². The van der Waals surface area contributed by atoms with E-state index < -0.39 is 0 Å². The summed E-state index contributed by atoms with van der Waals surface area (Å²) in [5.41, 5.74) is 4.45. The first-order chi connectivity index (χ1) is 15.2. The third kappa shape index (κ3) is 4.77. The maximum absolute atomic E-state index is 13.1. The molecule has 1 aliphatic rings. The fourth-order valence-electron chi connectivity index (χ4n) is 4.09. The molecule has 0 aliphatic carbocycles. The summed E-state index contributed by atoms with van der Waals surface area (Å²) >= 11 is 0. The highest BCUT2D eigenvalue weighted by Crippen LogP contribution is 2.26. The van der Waals surface area contributed by atoms with E-state index in [0.29, 0.717) is 24.3 Å². The van der Waals surface area contributed by atoms with E-state index in [2.05, 4.69) is 22.3 Å². The molecule has 31 heavy (non-hydrogen) atoms. The molecule has 1 heterocycles. The van der Waals surface area contributed by atoms with Gasteiger partial charge in [0.2, 0.25) is 5.91 Å². The van der Waals surface area contributed by atoms with Gasteiger partial charge in [-0.1, -0.05) is 42.5 Å². The smallest absolute Gasteiger partial charge is 0.258 e. The molecule has 0 aromatic heterocycles. The Morgan fingerprint density at radius 2 is 1.74 bits per heavy atom. The lowest BCUT2D eigenvalue weighted by molar-refractivity contribution is -0.115. The second kappa shape index (κ2) is 9.47. The fraction of sp³-hybridized carbons (Fsp3) is 0.231. The molecule has 0 atom stereocenters. The van der Waals surface area contributed by atoms with Gasteiger partial charge in [-0.25, -0.2) is 0 Å². The summed E-state index contributed by atoms with van der Waals surface area (Å²) in [5.74, 6) is -0.175. The van der Waals surface area contributed by atoms with Gasteiger partial charge in [-0.2, -0.15) is 0 Å². The number of amides is 2. The molecule has 0 unspecified atom stereocenters. The lowest BCUT2D eigenvalue weighted by Gasteiger charge is -2.30. The zero-order valence-electron chi connectivity index (χ0n) is 17.8. The van der Waals surface area contributed by atoms with E-state index in [9.17, 15) is 9.59 Å². The van der Waals surface area contributed by atoms with Crippen molar-refractivity contribution in [1.29, 1.82) is 0 Å². The van der Waals surface area contributed by atoms with E-state index in [4.69, 9.17) is 0 Å². The average molecular weight is 414 g/mol. The summed E-state index contributed by atoms with van der Waals surface area (Å²) in [5, 5.41) is 2.96. The van der Waals surface area contributed by atoms with Crippen molar-refractivity contribution in [2.75, 3.05) is 34.8 Å². The molecule has 0 saturated carbocycles. The molecule has 0 saturated heterocycles. The number of nitrogens with one attached hydrogen (secondary N) is 1. The number of para-hydroxylation sites is 2. The molecule has 0 radical (unpaired) electrons.